The van der Waals surface area contributed by atoms with E-state index in [1.807, 2.05) is 31.2 Å². The predicted molar refractivity (Wildman–Crippen MR) is 103 cm³/mol. The topological polar surface area (TPSA) is 76.7 Å². The Kier molecular flexibility index (Phi) is 5.31. The number of ether oxygens (including phenoxy) is 1. The predicted octanol–water partition coefficient (Wildman–Crippen LogP) is 4.18. The summed E-state index contributed by atoms with van der Waals surface area (Å²) >= 11 is 0. The maximum atomic E-state index is 12.2. The van der Waals surface area contributed by atoms with Gasteiger partial charge in [-0.3, -0.25) is 4.79 Å². The number of hydrogen-bond donors (Lipinski definition) is 1. The van der Waals surface area contributed by atoms with Crippen LogP contribution in [0.2, 0.25) is 0 Å². The second kappa shape index (κ2) is 7.66. The zero-order valence-electron chi connectivity index (χ0n) is 15.7. The number of aryl methyl sites for hydroxylation is 3. The van der Waals surface area contributed by atoms with Gasteiger partial charge in [0.2, 0.25) is 0 Å². The fourth-order valence-electron chi connectivity index (χ4n) is 3.18. The number of carboxylic acids is 1. The summed E-state index contributed by atoms with van der Waals surface area (Å²) in [5.41, 5.74) is 3.68. The molecule has 140 valence electrons. The Hall–Kier alpha value is -3.08. The van der Waals surface area contributed by atoms with Crippen LogP contribution in [-0.2, 0) is 24.2 Å². The second-order valence-corrected chi connectivity index (χ2v) is 6.59. The van der Waals surface area contributed by atoms with E-state index in [2.05, 4.69) is 19.1 Å². The van der Waals surface area contributed by atoms with Gasteiger partial charge in [0.15, 0.2) is 0 Å². The van der Waals surface area contributed by atoms with Gasteiger partial charge < -0.3 is 14.3 Å². The van der Waals surface area contributed by atoms with Crippen LogP contribution in [0.1, 0.15) is 34.7 Å². The van der Waals surface area contributed by atoms with Crippen molar-refractivity contribution in [2.24, 2.45) is 0 Å². The molecule has 0 aliphatic heterocycles. The standard InChI is InChI=1S/C22H22O5/c1-4-15-6-5-7-16(10-15)12-26-19-9-8-17-13(2)18(11-20(23)24)22(25)27-21(17)14(19)3/h5-10H,4,11-12H2,1-3H3,(H,23,24). The number of hydrogen-bond acceptors (Lipinski definition) is 4. The van der Waals surface area contributed by atoms with Gasteiger partial charge in [0.05, 0.1) is 12.0 Å². The number of carbonyl (C=O) groups is 1. The van der Waals surface area contributed by atoms with Crippen LogP contribution >= 0.6 is 0 Å². The lowest BCUT2D eigenvalue weighted by Gasteiger charge is -2.13. The highest BCUT2D eigenvalue weighted by atomic mass is 16.5. The second-order valence-electron chi connectivity index (χ2n) is 6.59. The Morgan fingerprint density at radius 1 is 1.11 bits per heavy atom. The lowest BCUT2D eigenvalue weighted by Crippen LogP contribution is -2.15. The molecule has 27 heavy (non-hydrogen) atoms. The van der Waals surface area contributed by atoms with Crippen molar-refractivity contribution < 1.29 is 19.1 Å². The minimum absolute atomic E-state index is 0.180. The van der Waals surface area contributed by atoms with Gasteiger partial charge in [-0.05, 0) is 49.1 Å². The summed E-state index contributed by atoms with van der Waals surface area (Å²) < 4.78 is 11.4. The van der Waals surface area contributed by atoms with Gasteiger partial charge in [-0.2, -0.15) is 0 Å². The molecule has 1 N–H and O–H groups in total. The molecule has 0 amide bonds. The molecule has 0 atom stereocenters. The molecule has 1 heterocycles. The summed E-state index contributed by atoms with van der Waals surface area (Å²) in [7, 11) is 0. The molecule has 2 aromatic carbocycles. The molecule has 0 radical (unpaired) electrons. The van der Waals surface area contributed by atoms with E-state index in [1.54, 1.807) is 6.92 Å². The minimum Gasteiger partial charge on any atom is -0.488 e. The van der Waals surface area contributed by atoms with E-state index in [1.165, 1.54) is 5.56 Å². The van der Waals surface area contributed by atoms with Crippen LogP contribution in [0.15, 0.2) is 45.6 Å². The first-order chi connectivity index (χ1) is 12.9. The highest BCUT2D eigenvalue weighted by Gasteiger charge is 2.17. The highest BCUT2D eigenvalue weighted by molar-refractivity contribution is 5.86. The van der Waals surface area contributed by atoms with E-state index in [-0.39, 0.29) is 12.0 Å². The van der Waals surface area contributed by atoms with Gasteiger partial charge in [-0.15, -0.1) is 0 Å². The Bertz CT molecular complexity index is 1060. The Morgan fingerprint density at radius 2 is 1.85 bits per heavy atom. The molecule has 1 aromatic heterocycles. The van der Waals surface area contributed by atoms with E-state index < -0.39 is 11.6 Å². The van der Waals surface area contributed by atoms with E-state index >= 15 is 0 Å². The van der Waals surface area contributed by atoms with Crippen LogP contribution in [0, 0.1) is 13.8 Å². The summed E-state index contributed by atoms with van der Waals surface area (Å²) in [5.74, 6) is -0.423. The van der Waals surface area contributed by atoms with Crippen LogP contribution < -0.4 is 10.4 Å². The minimum atomic E-state index is -1.06. The summed E-state index contributed by atoms with van der Waals surface area (Å²) in [6, 6.07) is 11.9. The highest BCUT2D eigenvalue weighted by Crippen LogP contribution is 2.30. The molecule has 5 nitrogen and oxygen atoms in total. The number of aliphatic carboxylic acids is 1. The van der Waals surface area contributed by atoms with Crippen LogP contribution in [0.25, 0.3) is 11.0 Å². The van der Waals surface area contributed by atoms with Gasteiger partial charge in [0.25, 0.3) is 0 Å². The average Bonchev–Trinajstić information content (AvgIpc) is 2.65. The first kappa shape index (κ1) is 18.7. The van der Waals surface area contributed by atoms with E-state index in [9.17, 15) is 9.59 Å². The van der Waals surface area contributed by atoms with Gasteiger partial charge >= 0.3 is 11.6 Å². The summed E-state index contributed by atoms with van der Waals surface area (Å²) in [5, 5.41) is 9.73. The first-order valence-electron chi connectivity index (χ1n) is 8.89. The van der Waals surface area contributed by atoms with Gasteiger partial charge in [-0.25, -0.2) is 4.79 Å². The molecule has 0 unspecified atom stereocenters. The van der Waals surface area contributed by atoms with E-state index in [0.29, 0.717) is 23.5 Å². The van der Waals surface area contributed by atoms with Crippen LogP contribution in [0.5, 0.6) is 5.75 Å². The van der Waals surface area contributed by atoms with Crippen molar-refractivity contribution in [3.63, 3.8) is 0 Å². The monoisotopic (exact) mass is 366 g/mol. The molecule has 0 spiro atoms. The molecule has 0 aliphatic carbocycles. The van der Waals surface area contributed by atoms with Gasteiger partial charge in [0.1, 0.15) is 17.9 Å². The van der Waals surface area contributed by atoms with Crippen LogP contribution in [-0.4, -0.2) is 11.1 Å². The maximum Gasteiger partial charge on any atom is 0.340 e. The first-order valence-corrected chi connectivity index (χ1v) is 8.89. The third-order valence-electron chi connectivity index (χ3n) is 4.78. The van der Waals surface area contributed by atoms with Crippen molar-refractivity contribution in [1.29, 1.82) is 0 Å². The molecule has 3 aromatic rings. The fraction of sp³-hybridized carbons (Fsp3) is 0.273. The molecule has 5 heteroatoms. The van der Waals surface area contributed by atoms with Crippen molar-refractivity contribution in [3.8, 4) is 5.75 Å². The van der Waals surface area contributed by atoms with Crippen molar-refractivity contribution >= 4 is 16.9 Å². The Morgan fingerprint density at radius 3 is 2.56 bits per heavy atom. The quantitative estimate of drug-likeness (QED) is 0.662. The summed E-state index contributed by atoms with van der Waals surface area (Å²) in [4.78, 5) is 23.2. The van der Waals surface area contributed by atoms with Crippen molar-refractivity contribution in [2.45, 2.75) is 40.2 Å². The van der Waals surface area contributed by atoms with Crippen molar-refractivity contribution in [3.05, 3.63) is 74.6 Å². The van der Waals surface area contributed by atoms with Crippen molar-refractivity contribution in [2.75, 3.05) is 0 Å². The van der Waals surface area contributed by atoms with E-state index in [4.69, 9.17) is 14.3 Å². The average molecular weight is 366 g/mol. The zero-order valence-corrected chi connectivity index (χ0v) is 15.7. The summed E-state index contributed by atoms with van der Waals surface area (Å²) in [6.07, 6.45) is 0.612. The fourth-order valence-corrected chi connectivity index (χ4v) is 3.18. The Labute approximate surface area is 157 Å². The number of fused-ring (bicyclic) bond motifs is 1. The van der Waals surface area contributed by atoms with E-state index in [0.717, 1.165) is 22.9 Å². The molecule has 0 fully saturated rings. The number of benzene rings is 2. The van der Waals surface area contributed by atoms with Gasteiger partial charge in [0, 0.05) is 10.9 Å². The molecule has 0 aliphatic rings. The largest absolute Gasteiger partial charge is 0.488 e. The van der Waals surface area contributed by atoms with Crippen LogP contribution in [0.4, 0.5) is 0 Å². The number of carboxylic acid groups (broad SMARTS) is 1. The lowest BCUT2D eigenvalue weighted by molar-refractivity contribution is -0.136. The van der Waals surface area contributed by atoms with Crippen molar-refractivity contribution in [1.82, 2.24) is 0 Å². The normalized spacial score (nSPS) is 10.9. The zero-order chi connectivity index (χ0) is 19.6. The van der Waals surface area contributed by atoms with Gasteiger partial charge in [-0.1, -0.05) is 31.2 Å². The molecule has 0 saturated carbocycles. The Balaban J connectivity index is 1.95. The third-order valence-corrected chi connectivity index (χ3v) is 4.78. The molecular weight excluding hydrogens is 344 g/mol. The molecular formula is C22H22O5. The SMILES string of the molecule is CCc1cccc(COc2ccc3c(C)c(CC(=O)O)c(=O)oc3c2C)c1. The maximum absolute atomic E-state index is 12.2. The number of rotatable bonds is 6. The molecule has 3 rings (SSSR count). The third kappa shape index (κ3) is 3.87. The van der Waals surface area contributed by atoms with Crippen LogP contribution in [0.3, 0.4) is 0 Å². The lowest BCUT2D eigenvalue weighted by atomic mass is 10.0. The molecule has 0 bridgehead atoms. The summed E-state index contributed by atoms with van der Waals surface area (Å²) in [6.45, 7) is 6.10. The molecule has 0 saturated heterocycles. The smallest absolute Gasteiger partial charge is 0.340 e.